The van der Waals surface area contributed by atoms with Gasteiger partial charge < -0.3 is 25.0 Å². The number of piperazine rings is 1. The van der Waals surface area contributed by atoms with Gasteiger partial charge in [-0.15, -0.1) is 13.2 Å². The average molecular weight is 629 g/mol. The van der Waals surface area contributed by atoms with Gasteiger partial charge in [0.1, 0.15) is 17.7 Å². The molecule has 1 amide bonds. The number of likely N-dealkylation sites (tertiary alicyclic amines) is 1. The summed E-state index contributed by atoms with van der Waals surface area (Å²) in [5.41, 5.74) is 8.40. The molecule has 2 aliphatic rings. The van der Waals surface area contributed by atoms with Crippen molar-refractivity contribution < 1.29 is 32.2 Å². The van der Waals surface area contributed by atoms with Crippen molar-refractivity contribution in [2.75, 3.05) is 56.4 Å². The molecular formula is C32H39F3N6O4. The van der Waals surface area contributed by atoms with Crippen LogP contribution in [0.5, 0.6) is 5.75 Å². The SMILES string of the molecule is CC(C)(C)OC(=O)CCN1CCN(c2ccc3c(C4CCN(C(=O)c5ccc(OC(F)(F)F)cc5N)CC4)ncnc3c2)CC1. The number of nitrogens with two attached hydrogens (primary N) is 1. The summed E-state index contributed by atoms with van der Waals surface area (Å²) in [5, 5.41) is 0.978. The normalized spacial score (nSPS) is 17.0. The first-order chi connectivity index (χ1) is 21.3. The van der Waals surface area contributed by atoms with Crippen LogP contribution in [0.3, 0.4) is 0 Å². The fourth-order valence-corrected chi connectivity index (χ4v) is 5.92. The van der Waals surface area contributed by atoms with Crippen LogP contribution in [0.2, 0.25) is 0 Å². The summed E-state index contributed by atoms with van der Waals surface area (Å²) in [6.07, 6.45) is -1.52. The molecule has 0 bridgehead atoms. The van der Waals surface area contributed by atoms with Crippen LogP contribution in [0.4, 0.5) is 24.5 Å². The first-order valence-corrected chi connectivity index (χ1v) is 15.1. The van der Waals surface area contributed by atoms with Crippen molar-refractivity contribution >= 4 is 34.2 Å². The Hall–Kier alpha value is -4.13. The maximum absolute atomic E-state index is 13.1. The summed E-state index contributed by atoms with van der Waals surface area (Å²) in [6.45, 7) is 10.6. The predicted molar refractivity (Wildman–Crippen MR) is 164 cm³/mol. The number of rotatable bonds is 7. The van der Waals surface area contributed by atoms with E-state index in [4.69, 9.17) is 10.5 Å². The molecule has 3 aromatic rings. The summed E-state index contributed by atoms with van der Waals surface area (Å²) < 4.78 is 46.9. The van der Waals surface area contributed by atoms with E-state index in [1.54, 1.807) is 11.2 Å². The zero-order valence-electron chi connectivity index (χ0n) is 25.8. The number of hydrogen-bond donors (Lipinski definition) is 1. The van der Waals surface area contributed by atoms with Crippen LogP contribution in [0.15, 0.2) is 42.7 Å². The lowest BCUT2D eigenvalue weighted by atomic mass is 9.90. The highest BCUT2D eigenvalue weighted by molar-refractivity contribution is 5.99. The van der Waals surface area contributed by atoms with E-state index in [0.29, 0.717) is 38.9 Å². The van der Waals surface area contributed by atoms with Gasteiger partial charge in [0.2, 0.25) is 0 Å². The second-order valence-electron chi connectivity index (χ2n) is 12.5. The molecule has 2 fully saturated rings. The number of nitrogen functional groups attached to an aromatic ring is 1. The molecule has 3 heterocycles. The molecule has 2 aliphatic heterocycles. The maximum atomic E-state index is 13.1. The van der Waals surface area contributed by atoms with Crippen molar-refractivity contribution in [1.82, 2.24) is 19.8 Å². The van der Waals surface area contributed by atoms with Crippen molar-refractivity contribution in [1.29, 1.82) is 0 Å². The Bertz CT molecular complexity index is 1530. The van der Waals surface area contributed by atoms with Gasteiger partial charge in [-0.05, 0) is 63.9 Å². The number of benzene rings is 2. The molecule has 5 rings (SSSR count). The molecule has 10 nitrogen and oxygen atoms in total. The van der Waals surface area contributed by atoms with Crippen LogP contribution in [-0.2, 0) is 9.53 Å². The van der Waals surface area contributed by atoms with Gasteiger partial charge in [-0.25, -0.2) is 9.97 Å². The zero-order chi connectivity index (χ0) is 32.4. The molecular weight excluding hydrogens is 589 g/mol. The summed E-state index contributed by atoms with van der Waals surface area (Å²) in [4.78, 5) is 40.7. The number of halogens is 3. The van der Waals surface area contributed by atoms with E-state index < -0.39 is 17.7 Å². The van der Waals surface area contributed by atoms with Gasteiger partial charge in [0, 0.05) is 74.6 Å². The number of esters is 1. The van der Waals surface area contributed by atoms with Crippen LogP contribution < -0.4 is 15.4 Å². The van der Waals surface area contributed by atoms with Gasteiger partial charge in [-0.3, -0.25) is 14.5 Å². The standard InChI is InChI=1S/C32H39F3N6O4/c1-31(2,3)45-28(42)10-11-39-14-16-40(17-15-39)22-4-6-25-27(18-22)37-20-38-29(25)21-8-12-41(13-9-21)30(43)24-7-5-23(19-26(24)36)44-32(33,34)35/h4-7,18-21H,8-17,36H2,1-3H3. The number of fused-ring (bicyclic) bond motifs is 1. The lowest BCUT2D eigenvalue weighted by Crippen LogP contribution is -2.47. The van der Waals surface area contributed by atoms with Gasteiger partial charge in [0.05, 0.1) is 23.2 Å². The molecule has 0 atom stereocenters. The predicted octanol–water partition coefficient (Wildman–Crippen LogP) is 4.98. The van der Waals surface area contributed by atoms with Crippen LogP contribution >= 0.6 is 0 Å². The molecule has 2 aromatic carbocycles. The van der Waals surface area contributed by atoms with Crippen LogP contribution in [-0.4, -0.2) is 89.4 Å². The Morgan fingerprint density at radius 2 is 1.67 bits per heavy atom. The van der Waals surface area contributed by atoms with E-state index in [9.17, 15) is 22.8 Å². The van der Waals surface area contributed by atoms with E-state index in [1.165, 1.54) is 6.07 Å². The third-order valence-corrected chi connectivity index (χ3v) is 8.10. The summed E-state index contributed by atoms with van der Waals surface area (Å²) in [6, 6.07) is 9.63. The number of ether oxygens (including phenoxy) is 2. The van der Waals surface area contributed by atoms with Gasteiger partial charge in [-0.2, -0.15) is 0 Å². The van der Waals surface area contributed by atoms with E-state index >= 15 is 0 Å². The fourth-order valence-electron chi connectivity index (χ4n) is 5.92. The van der Waals surface area contributed by atoms with Crippen molar-refractivity contribution in [3.8, 4) is 5.75 Å². The Kier molecular flexibility index (Phi) is 9.38. The van der Waals surface area contributed by atoms with E-state index in [1.807, 2.05) is 20.8 Å². The average Bonchev–Trinajstić information content (AvgIpc) is 2.98. The molecule has 0 saturated carbocycles. The summed E-state index contributed by atoms with van der Waals surface area (Å²) >= 11 is 0. The largest absolute Gasteiger partial charge is 0.573 e. The molecule has 0 spiro atoms. The number of nitrogens with zero attached hydrogens (tertiary/aromatic N) is 5. The molecule has 0 unspecified atom stereocenters. The monoisotopic (exact) mass is 628 g/mol. The molecule has 242 valence electrons. The van der Waals surface area contributed by atoms with Crippen LogP contribution in [0, 0.1) is 0 Å². The minimum atomic E-state index is -4.84. The van der Waals surface area contributed by atoms with Gasteiger partial charge in [0.25, 0.3) is 5.91 Å². The number of hydrogen-bond acceptors (Lipinski definition) is 9. The van der Waals surface area contributed by atoms with Crippen molar-refractivity contribution in [2.24, 2.45) is 0 Å². The quantitative estimate of drug-likeness (QED) is 0.286. The summed E-state index contributed by atoms with van der Waals surface area (Å²) in [5.74, 6) is -0.845. The molecule has 13 heteroatoms. The Labute approximate surface area is 260 Å². The third kappa shape index (κ3) is 8.33. The number of carbonyl (C=O) groups is 2. The third-order valence-electron chi connectivity index (χ3n) is 8.10. The molecule has 0 aliphatic carbocycles. The van der Waals surface area contributed by atoms with Crippen molar-refractivity contribution in [3.05, 3.63) is 54.0 Å². The highest BCUT2D eigenvalue weighted by Crippen LogP contribution is 2.34. The highest BCUT2D eigenvalue weighted by atomic mass is 19.4. The molecule has 2 saturated heterocycles. The minimum Gasteiger partial charge on any atom is -0.460 e. The van der Waals surface area contributed by atoms with Gasteiger partial charge >= 0.3 is 12.3 Å². The zero-order valence-corrected chi connectivity index (χ0v) is 25.8. The molecule has 45 heavy (non-hydrogen) atoms. The smallest absolute Gasteiger partial charge is 0.460 e. The lowest BCUT2D eigenvalue weighted by Gasteiger charge is -2.36. The fraction of sp³-hybridized carbons (Fsp3) is 0.500. The van der Waals surface area contributed by atoms with Gasteiger partial charge in [0.15, 0.2) is 0 Å². The number of carbonyl (C=O) groups excluding carboxylic acids is 2. The molecule has 1 aromatic heterocycles. The number of piperidine rings is 1. The second-order valence-corrected chi connectivity index (χ2v) is 12.5. The number of aromatic nitrogens is 2. The molecule has 0 radical (unpaired) electrons. The first kappa shape index (κ1) is 32.3. The Morgan fingerprint density at radius 3 is 2.31 bits per heavy atom. The number of alkyl halides is 3. The van der Waals surface area contributed by atoms with Crippen LogP contribution in [0.1, 0.15) is 62.0 Å². The Morgan fingerprint density at radius 1 is 0.956 bits per heavy atom. The second kappa shape index (κ2) is 13.1. The van der Waals surface area contributed by atoms with Crippen molar-refractivity contribution in [2.45, 2.75) is 57.9 Å². The van der Waals surface area contributed by atoms with E-state index in [-0.39, 0.29) is 29.0 Å². The highest BCUT2D eigenvalue weighted by Gasteiger charge is 2.32. The van der Waals surface area contributed by atoms with E-state index in [2.05, 4.69) is 42.7 Å². The Balaban J connectivity index is 1.17. The van der Waals surface area contributed by atoms with Gasteiger partial charge in [-0.1, -0.05) is 0 Å². The topological polar surface area (TPSA) is 114 Å². The molecule has 2 N–H and O–H groups in total. The summed E-state index contributed by atoms with van der Waals surface area (Å²) in [7, 11) is 0. The number of amides is 1. The lowest BCUT2D eigenvalue weighted by molar-refractivity contribution is -0.274. The number of anilines is 2. The first-order valence-electron chi connectivity index (χ1n) is 15.1. The minimum absolute atomic E-state index is 0.0660. The maximum Gasteiger partial charge on any atom is 0.573 e. The van der Waals surface area contributed by atoms with Crippen molar-refractivity contribution in [3.63, 3.8) is 0 Å². The van der Waals surface area contributed by atoms with E-state index in [0.717, 1.165) is 60.6 Å². The van der Waals surface area contributed by atoms with Crippen LogP contribution in [0.25, 0.3) is 10.9 Å².